The van der Waals surface area contributed by atoms with Crippen LogP contribution in [0.1, 0.15) is 18.4 Å². The molecule has 9 rings (SSSR count). The largest absolute Gasteiger partial charge is 0.456 e. The van der Waals surface area contributed by atoms with Crippen molar-refractivity contribution in [3.63, 3.8) is 0 Å². The first-order valence-corrected chi connectivity index (χ1v) is 18.2. The van der Waals surface area contributed by atoms with Crippen molar-refractivity contribution < 1.29 is 4.42 Å². The van der Waals surface area contributed by atoms with Crippen LogP contribution in [0.15, 0.2) is 205 Å². The molecule has 6 aromatic carbocycles. The first kappa shape index (κ1) is 31.6. The minimum Gasteiger partial charge on any atom is -0.456 e. The van der Waals surface area contributed by atoms with Crippen LogP contribution in [0.5, 0.6) is 0 Å². The van der Waals surface area contributed by atoms with Crippen molar-refractivity contribution in [2.24, 2.45) is 5.92 Å². The molecule has 0 bridgehead atoms. The summed E-state index contributed by atoms with van der Waals surface area (Å²) in [5.41, 5.74) is 8.95. The second-order valence-electron chi connectivity index (χ2n) is 13.6. The maximum absolute atomic E-state index is 6.53. The molecule has 0 N–H and O–H groups in total. The first-order chi connectivity index (χ1) is 25.7. The molecule has 2 heteroatoms. The topological polar surface area (TPSA) is 16.4 Å². The van der Waals surface area contributed by atoms with Crippen LogP contribution in [0.3, 0.4) is 0 Å². The summed E-state index contributed by atoms with van der Waals surface area (Å²) in [5, 5.41) is 7.10. The Labute approximate surface area is 305 Å². The zero-order valence-electron chi connectivity index (χ0n) is 29.0. The zero-order valence-corrected chi connectivity index (χ0v) is 29.0. The van der Waals surface area contributed by atoms with Crippen LogP contribution in [-0.4, -0.2) is 6.04 Å². The van der Waals surface area contributed by atoms with E-state index in [1.54, 1.807) is 0 Å². The van der Waals surface area contributed by atoms with Gasteiger partial charge in [-0.3, -0.25) is 0 Å². The van der Waals surface area contributed by atoms with Crippen LogP contribution in [-0.2, 0) is 0 Å². The van der Waals surface area contributed by atoms with Gasteiger partial charge in [-0.15, -0.1) is 0 Å². The summed E-state index contributed by atoms with van der Waals surface area (Å²) in [6.07, 6.45) is 26.5. The molecule has 0 aliphatic heterocycles. The van der Waals surface area contributed by atoms with Crippen molar-refractivity contribution in [1.82, 2.24) is 0 Å². The van der Waals surface area contributed by atoms with Gasteiger partial charge < -0.3 is 9.32 Å². The number of benzene rings is 6. The smallest absolute Gasteiger partial charge is 0.136 e. The number of nitrogens with zero attached hydrogens (tertiary/aromatic N) is 1. The van der Waals surface area contributed by atoms with Gasteiger partial charge in [0.05, 0.1) is 6.04 Å². The van der Waals surface area contributed by atoms with Gasteiger partial charge in [0.2, 0.25) is 0 Å². The van der Waals surface area contributed by atoms with Crippen LogP contribution in [0, 0.1) is 5.92 Å². The molecule has 2 aliphatic rings. The number of hydrogen-bond acceptors (Lipinski definition) is 2. The lowest BCUT2D eigenvalue weighted by molar-refractivity contribution is 0.669. The molecule has 1 heterocycles. The molecule has 0 fully saturated rings. The molecule has 2 nitrogen and oxygen atoms in total. The molecule has 2 aliphatic carbocycles. The highest BCUT2D eigenvalue weighted by Gasteiger charge is 2.23. The lowest BCUT2D eigenvalue weighted by Crippen LogP contribution is -2.30. The van der Waals surface area contributed by atoms with E-state index in [2.05, 4.69) is 194 Å². The summed E-state index contributed by atoms with van der Waals surface area (Å²) in [5.74, 6) is 0.426. The fraction of sp³-hybridized carbons (Fsp3) is 0.0800. The Balaban J connectivity index is 1.19. The first-order valence-electron chi connectivity index (χ1n) is 18.2. The predicted octanol–water partition coefficient (Wildman–Crippen LogP) is 13.5. The number of allylic oxidation sites excluding steroid dienone is 10. The highest BCUT2D eigenvalue weighted by molar-refractivity contribution is 6.16. The molecule has 0 saturated carbocycles. The van der Waals surface area contributed by atoms with Crippen molar-refractivity contribution in [2.75, 3.05) is 4.90 Å². The Morgan fingerprint density at radius 1 is 0.692 bits per heavy atom. The quantitative estimate of drug-likeness (QED) is 0.150. The number of furan rings is 1. The molecule has 0 spiro atoms. The summed E-state index contributed by atoms with van der Waals surface area (Å²) in [7, 11) is 0. The second-order valence-corrected chi connectivity index (χ2v) is 13.6. The van der Waals surface area contributed by atoms with Crippen molar-refractivity contribution in [3.05, 3.63) is 206 Å². The van der Waals surface area contributed by atoms with Gasteiger partial charge in [-0.05, 0) is 87.0 Å². The molecule has 2 atom stereocenters. The average molecular weight is 670 g/mol. The Hall–Kier alpha value is -6.38. The van der Waals surface area contributed by atoms with Crippen molar-refractivity contribution in [2.45, 2.75) is 18.9 Å². The molecule has 2 unspecified atom stereocenters. The van der Waals surface area contributed by atoms with Gasteiger partial charge in [-0.2, -0.15) is 0 Å². The van der Waals surface area contributed by atoms with Gasteiger partial charge in [0.25, 0.3) is 0 Å². The molecule has 250 valence electrons. The normalized spacial score (nSPS) is 17.5. The average Bonchev–Trinajstić information content (AvgIpc) is 3.58. The number of para-hydroxylation sites is 1. The number of hydrogen-bond donors (Lipinski definition) is 0. The van der Waals surface area contributed by atoms with Crippen LogP contribution in [0.25, 0.3) is 60.2 Å². The van der Waals surface area contributed by atoms with E-state index in [0.717, 1.165) is 57.2 Å². The second kappa shape index (κ2) is 13.7. The molecule has 7 aromatic rings. The zero-order chi connectivity index (χ0) is 34.9. The van der Waals surface area contributed by atoms with Crippen molar-refractivity contribution >= 4 is 54.7 Å². The maximum atomic E-state index is 6.53. The van der Waals surface area contributed by atoms with Gasteiger partial charge in [-0.1, -0.05) is 158 Å². The minimum atomic E-state index is 0.117. The van der Waals surface area contributed by atoms with E-state index in [1.165, 1.54) is 32.7 Å². The van der Waals surface area contributed by atoms with Crippen LogP contribution < -0.4 is 4.90 Å². The van der Waals surface area contributed by atoms with E-state index in [4.69, 9.17) is 4.42 Å². The predicted molar refractivity (Wildman–Crippen MR) is 222 cm³/mol. The molecule has 1 aromatic heterocycles. The lowest BCUT2D eigenvalue weighted by atomic mass is 9.87. The SMILES string of the molecule is C=C/C=C(\C=C\N(c1ccccc1-c1cccc2oc3cc4ccccc4cc3c12)C1C=CC(C2C=CC=CC2)=CC1)c1cccc2ccccc12. The molecule has 52 heavy (non-hydrogen) atoms. The van der Waals surface area contributed by atoms with Gasteiger partial charge in [-0.25, -0.2) is 0 Å². The van der Waals surface area contributed by atoms with Crippen molar-refractivity contribution in [3.8, 4) is 11.1 Å². The van der Waals surface area contributed by atoms with Crippen molar-refractivity contribution in [1.29, 1.82) is 0 Å². The number of rotatable bonds is 8. The highest BCUT2D eigenvalue weighted by Crippen LogP contribution is 2.43. The van der Waals surface area contributed by atoms with Gasteiger partial charge >= 0.3 is 0 Å². The molecule has 0 saturated heterocycles. The highest BCUT2D eigenvalue weighted by atomic mass is 16.3. The number of fused-ring (bicyclic) bond motifs is 5. The van der Waals surface area contributed by atoms with E-state index < -0.39 is 0 Å². The Kier molecular flexibility index (Phi) is 8.34. The van der Waals surface area contributed by atoms with E-state index in [-0.39, 0.29) is 6.04 Å². The Morgan fingerprint density at radius 2 is 1.46 bits per heavy atom. The standard InChI is InChI=1S/C50H39NO/c1-2-14-37(43-23-12-20-38-17-8-9-21-42(38)43)31-32-51(41-29-27-36(28-30-41)35-15-4-3-5-16-35)47-25-11-10-22-44(47)45-24-13-26-48-50(45)46-33-39-18-6-7-19-40(39)34-49(46)52-48/h2-15,17-29,31-35,41H,1,16,30H2/b32-31+,37-14+. The fourth-order valence-electron chi connectivity index (χ4n) is 7.97. The maximum Gasteiger partial charge on any atom is 0.136 e. The van der Waals surface area contributed by atoms with Gasteiger partial charge in [0, 0.05) is 34.1 Å². The molecule has 0 amide bonds. The number of anilines is 1. The third-order valence-electron chi connectivity index (χ3n) is 10.5. The van der Waals surface area contributed by atoms with Gasteiger partial charge in [0.15, 0.2) is 0 Å². The van der Waals surface area contributed by atoms with E-state index in [9.17, 15) is 0 Å². The summed E-state index contributed by atoms with van der Waals surface area (Å²) in [4.78, 5) is 2.45. The third-order valence-corrected chi connectivity index (χ3v) is 10.5. The van der Waals surface area contributed by atoms with E-state index in [0.29, 0.717) is 5.92 Å². The third kappa shape index (κ3) is 5.83. The molecular weight excluding hydrogens is 631 g/mol. The fourth-order valence-corrected chi connectivity index (χ4v) is 7.97. The van der Waals surface area contributed by atoms with Crippen LogP contribution in [0.4, 0.5) is 5.69 Å². The Bertz CT molecular complexity index is 2670. The summed E-state index contributed by atoms with van der Waals surface area (Å²) >= 11 is 0. The van der Waals surface area contributed by atoms with E-state index in [1.807, 2.05) is 6.08 Å². The molecule has 0 radical (unpaired) electrons. The summed E-state index contributed by atoms with van der Waals surface area (Å²) in [6.45, 7) is 4.09. The van der Waals surface area contributed by atoms with Crippen LogP contribution >= 0.6 is 0 Å². The molecular formula is C50H39NO. The summed E-state index contributed by atoms with van der Waals surface area (Å²) < 4.78 is 6.53. The summed E-state index contributed by atoms with van der Waals surface area (Å²) in [6, 6.07) is 43.4. The lowest BCUT2D eigenvalue weighted by Gasteiger charge is -2.32. The van der Waals surface area contributed by atoms with E-state index >= 15 is 0 Å². The Morgan fingerprint density at radius 3 is 2.29 bits per heavy atom. The minimum absolute atomic E-state index is 0.117. The van der Waals surface area contributed by atoms with Gasteiger partial charge in [0.1, 0.15) is 11.2 Å². The monoisotopic (exact) mass is 669 g/mol. The van der Waals surface area contributed by atoms with Crippen LogP contribution in [0.2, 0.25) is 0 Å².